The Balaban J connectivity index is 1.59. The predicted molar refractivity (Wildman–Crippen MR) is 87.1 cm³/mol. The SMILES string of the molecule is CC1CC(Nc2ccc(Oc3ccccc3)cc2)CN1C. The first-order valence-electron chi connectivity index (χ1n) is 7.50. The van der Waals surface area contributed by atoms with Crippen molar-refractivity contribution in [2.75, 3.05) is 18.9 Å². The second kappa shape index (κ2) is 6.19. The Labute approximate surface area is 126 Å². The van der Waals surface area contributed by atoms with Crippen molar-refractivity contribution in [1.29, 1.82) is 0 Å². The number of benzene rings is 2. The fraction of sp³-hybridized carbons (Fsp3) is 0.333. The fourth-order valence-electron chi connectivity index (χ4n) is 2.78. The summed E-state index contributed by atoms with van der Waals surface area (Å²) in [5, 5.41) is 3.60. The van der Waals surface area contributed by atoms with E-state index in [-0.39, 0.29) is 0 Å². The Bertz CT molecular complexity index is 558. The van der Waals surface area contributed by atoms with Crippen molar-refractivity contribution in [3.8, 4) is 11.5 Å². The van der Waals surface area contributed by atoms with E-state index in [2.05, 4.69) is 36.3 Å². The Morgan fingerprint density at radius 2 is 1.67 bits per heavy atom. The summed E-state index contributed by atoms with van der Waals surface area (Å²) in [4.78, 5) is 2.39. The molecule has 1 heterocycles. The molecule has 0 aliphatic carbocycles. The number of nitrogens with one attached hydrogen (secondary N) is 1. The summed E-state index contributed by atoms with van der Waals surface area (Å²) in [6, 6.07) is 19.2. The van der Waals surface area contributed by atoms with Crippen LogP contribution in [-0.2, 0) is 0 Å². The highest BCUT2D eigenvalue weighted by molar-refractivity contribution is 5.48. The summed E-state index contributed by atoms with van der Waals surface area (Å²) in [6.45, 7) is 3.38. The molecule has 2 atom stereocenters. The van der Waals surface area contributed by atoms with Crippen LogP contribution in [0.2, 0.25) is 0 Å². The molecule has 3 nitrogen and oxygen atoms in total. The lowest BCUT2D eigenvalue weighted by Crippen LogP contribution is -2.24. The molecule has 1 aliphatic heterocycles. The van der Waals surface area contributed by atoms with Gasteiger partial charge in [0.25, 0.3) is 0 Å². The summed E-state index contributed by atoms with van der Waals surface area (Å²) in [6.07, 6.45) is 1.19. The standard InChI is InChI=1S/C18H22N2O/c1-14-12-16(13-20(14)2)19-15-8-10-18(11-9-15)21-17-6-4-3-5-7-17/h3-11,14,16,19H,12-13H2,1-2H3. The second-order valence-electron chi connectivity index (χ2n) is 5.81. The zero-order chi connectivity index (χ0) is 14.7. The summed E-state index contributed by atoms with van der Waals surface area (Å²) in [7, 11) is 2.18. The highest BCUT2D eigenvalue weighted by atomic mass is 16.5. The molecule has 21 heavy (non-hydrogen) atoms. The van der Waals surface area contributed by atoms with Crippen molar-refractivity contribution in [1.82, 2.24) is 4.90 Å². The normalized spacial score (nSPS) is 22.2. The smallest absolute Gasteiger partial charge is 0.127 e. The minimum atomic E-state index is 0.533. The number of likely N-dealkylation sites (tertiary alicyclic amines) is 1. The molecule has 0 spiro atoms. The maximum atomic E-state index is 5.80. The van der Waals surface area contributed by atoms with E-state index < -0.39 is 0 Å². The highest BCUT2D eigenvalue weighted by Crippen LogP contribution is 2.24. The first kappa shape index (κ1) is 14.0. The topological polar surface area (TPSA) is 24.5 Å². The lowest BCUT2D eigenvalue weighted by molar-refractivity contribution is 0.330. The maximum Gasteiger partial charge on any atom is 0.127 e. The van der Waals surface area contributed by atoms with Crippen LogP contribution in [0.3, 0.4) is 0 Å². The van der Waals surface area contributed by atoms with Gasteiger partial charge in [0.2, 0.25) is 0 Å². The van der Waals surface area contributed by atoms with Crippen LogP contribution in [0.1, 0.15) is 13.3 Å². The summed E-state index contributed by atoms with van der Waals surface area (Å²) in [5.74, 6) is 1.73. The van der Waals surface area contributed by atoms with Crippen molar-refractivity contribution in [3.63, 3.8) is 0 Å². The van der Waals surface area contributed by atoms with Gasteiger partial charge < -0.3 is 15.0 Å². The maximum absolute atomic E-state index is 5.80. The largest absolute Gasteiger partial charge is 0.457 e. The summed E-state index contributed by atoms with van der Waals surface area (Å²) in [5.41, 5.74) is 1.16. The van der Waals surface area contributed by atoms with E-state index in [0.717, 1.165) is 23.7 Å². The van der Waals surface area contributed by atoms with Gasteiger partial charge in [-0.15, -0.1) is 0 Å². The quantitative estimate of drug-likeness (QED) is 0.918. The van der Waals surface area contributed by atoms with Crippen LogP contribution in [0.4, 0.5) is 5.69 Å². The molecule has 1 aliphatic rings. The van der Waals surface area contributed by atoms with Crippen LogP contribution in [-0.4, -0.2) is 30.6 Å². The number of rotatable bonds is 4. The molecule has 0 saturated carbocycles. The van der Waals surface area contributed by atoms with Gasteiger partial charge in [0.05, 0.1) is 0 Å². The summed E-state index contributed by atoms with van der Waals surface area (Å²) < 4.78 is 5.80. The molecule has 1 fully saturated rings. The number of para-hydroxylation sites is 1. The monoisotopic (exact) mass is 282 g/mol. The highest BCUT2D eigenvalue weighted by Gasteiger charge is 2.25. The second-order valence-corrected chi connectivity index (χ2v) is 5.81. The van der Waals surface area contributed by atoms with E-state index in [1.807, 2.05) is 42.5 Å². The third-order valence-electron chi connectivity index (χ3n) is 4.09. The molecule has 110 valence electrons. The number of likely N-dealkylation sites (N-methyl/N-ethyl adjacent to an activating group) is 1. The van der Waals surface area contributed by atoms with Gasteiger partial charge in [0.15, 0.2) is 0 Å². The molecule has 2 aromatic rings. The number of nitrogens with zero attached hydrogens (tertiary/aromatic N) is 1. The van der Waals surface area contributed by atoms with Crippen LogP contribution >= 0.6 is 0 Å². The van der Waals surface area contributed by atoms with Gasteiger partial charge in [-0.05, 0) is 56.8 Å². The minimum absolute atomic E-state index is 0.533. The third kappa shape index (κ3) is 3.56. The van der Waals surface area contributed by atoms with Crippen molar-refractivity contribution in [3.05, 3.63) is 54.6 Å². The van der Waals surface area contributed by atoms with E-state index in [0.29, 0.717) is 12.1 Å². The average molecular weight is 282 g/mol. The molecule has 2 unspecified atom stereocenters. The minimum Gasteiger partial charge on any atom is -0.457 e. The van der Waals surface area contributed by atoms with Crippen molar-refractivity contribution < 1.29 is 4.74 Å². The summed E-state index contributed by atoms with van der Waals surface area (Å²) >= 11 is 0. The third-order valence-corrected chi connectivity index (χ3v) is 4.09. The molecule has 2 aromatic carbocycles. The first-order valence-corrected chi connectivity index (χ1v) is 7.50. The Hall–Kier alpha value is -2.00. The number of hydrogen-bond acceptors (Lipinski definition) is 3. The Morgan fingerprint density at radius 1 is 1.00 bits per heavy atom. The van der Waals surface area contributed by atoms with Gasteiger partial charge in [-0.3, -0.25) is 0 Å². The Morgan fingerprint density at radius 3 is 2.29 bits per heavy atom. The molecule has 1 saturated heterocycles. The van der Waals surface area contributed by atoms with Crippen molar-refractivity contribution in [2.24, 2.45) is 0 Å². The van der Waals surface area contributed by atoms with Gasteiger partial charge in [-0.25, -0.2) is 0 Å². The number of ether oxygens (including phenoxy) is 1. The van der Waals surface area contributed by atoms with E-state index in [4.69, 9.17) is 4.74 Å². The molecule has 3 heteroatoms. The lowest BCUT2D eigenvalue weighted by atomic mass is 10.2. The van der Waals surface area contributed by atoms with Gasteiger partial charge >= 0.3 is 0 Å². The van der Waals surface area contributed by atoms with E-state index in [1.165, 1.54) is 6.42 Å². The first-order chi connectivity index (χ1) is 10.2. The Kier molecular flexibility index (Phi) is 4.11. The molecule has 3 rings (SSSR count). The van der Waals surface area contributed by atoms with E-state index >= 15 is 0 Å². The van der Waals surface area contributed by atoms with Gasteiger partial charge in [0.1, 0.15) is 11.5 Å². The average Bonchev–Trinajstić information content (AvgIpc) is 2.80. The van der Waals surface area contributed by atoms with Crippen LogP contribution in [0.25, 0.3) is 0 Å². The number of anilines is 1. The van der Waals surface area contributed by atoms with Crippen molar-refractivity contribution in [2.45, 2.75) is 25.4 Å². The molecule has 0 amide bonds. The molecular weight excluding hydrogens is 260 g/mol. The molecule has 0 aromatic heterocycles. The number of hydrogen-bond donors (Lipinski definition) is 1. The molecular formula is C18H22N2O. The zero-order valence-corrected chi connectivity index (χ0v) is 12.6. The van der Waals surface area contributed by atoms with Gasteiger partial charge in [-0.1, -0.05) is 18.2 Å². The molecule has 0 bridgehead atoms. The molecule has 0 radical (unpaired) electrons. The van der Waals surface area contributed by atoms with Crippen LogP contribution in [0.15, 0.2) is 54.6 Å². The molecule has 1 N–H and O–H groups in total. The van der Waals surface area contributed by atoms with Gasteiger partial charge in [0, 0.05) is 24.3 Å². The van der Waals surface area contributed by atoms with Crippen LogP contribution in [0, 0.1) is 0 Å². The zero-order valence-electron chi connectivity index (χ0n) is 12.6. The van der Waals surface area contributed by atoms with Crippen LogP contribution < -0.4 is 10.1 Å². The van der Waals surface area contributed by atoms with E-state index in [9.17, 15) is 0 Å². The predicted octanol–water partition coefficient (Wildman–Crippen LogP) is 3.98. The van der Waals surface area contributed by atoms with Crippen LogP contribution in [0.5, 0.6) is 11.5 Å². The van der Waals surface area contributed by atoms with E-state index in [1.54, 1.807) is 0 Å². The van der Waals surface area contributed by atoms with Crippen molar-refractivity contribution >= 4 is 5.69 Å². The fourth-order valence-corrected chi connectivity index (χ4v) is 2.78. The lowest BCUT2D eigenvalue weighted by Gasteiger charge is -2.14. The van der Waals surface area contributed by atoms with Gasteiger partial charge in [-0.2, -0.15) is 0 Å².